The van der Waals surface area contributed by atoms with E-state index in [9.17, 15) is 13.2 Å². The second kappa shape index (κ2) is 6.98. The summed E-state index contributed by atoms with van der Waals surface area (Å²) in [5.74, 6) is -0.202. The van der Waals surface area contributed by atoms with Crippen LogP contribution in [0.3, 0.4) is 0 Å². The Bertz CT molecular complexity index is 979. The van der Waals surface area contributed by atoms with Crippen molar-refractivity contribution in [3.8, 4) is 5.75 Å². The molecule has 0 saturated carbocycles. The van der Waals surface area contributed by atoms with Crippen molar-refractivity contribution in [2.24, 2.45) is 0 Å². The lowest BCUT2D eigenvalue weighted by atomic mass is 10.2. The first-order valence-electron chi connectivity index (χ1n) is 7.66. The number of anilines is 2. The summed E-state index contributed by atoms with van der Waals surface area (Å²) < 4.78 is 31.1. The van der Waals surface area contributed by atoms with Gasteiger partial charge in [-0.1, -0.05) is 29.3 Å². The van der Waals surface area contributed by atoms with Crippen LogP contribution in [0.15, 0.2) is 36.4 Å². The molecule has 3 rings (SSSR count). The van der Waals surface area contributed by atoms with Crippen LogP contribution in [0.25, 0.3) is 0 Å². The van der Waals surface area contributed by atoms with Crippen LogP contribution in [-0.4, -0.2) is 33.2 Å². The van der Waals surface area contributed by atoms with Gasteiger partial charge < -0.3 is 10.1 Å². The lowest BCUT2D eigenvalue weighted by Crippen LogP contribution is -2.48. The molecule has 26 heavy (non-hydrogen) atoms. The number of fused-ring (bicyclic) bond motifs is 1. The Hall–Kier alpha value is -1.96. The first kappa shape index (κ1) is 18.8. The minimum absolute atomic E-state index is 0.155. The largest absolute Gasteiger partial charge is 0.476 e. The second-order valence-corrected chi connectivity index (χ2v) is 8.72. The number of rotatable bonds is 3. The van der Waals surface area contributed by atoms with Crippen LogP contribution in [0, 0.1) is 6.92 Å². The molecule has 1 heterocycles. The first-order chi connectivity index (χ1) is 12.1. The standard InChI is InChI=1S/C17H16Cl2N2O4S/c1-10-3-5-12(8-13(10)19)20-17(22)16-9-21(26(2,23)24)14-7-11(18)4-6-15(14)25-16/h3-8,16H,9H2,1-2H3,(H,20,22)/t16-/m1/s1. The van der Waals surface area contributed by atoms with Gasteiger partial charge in [0.15, 0.2) is 6.10 Å². The number of nitrogens with zero attached hydrogens (tertiary/aromatic N) is 1. The van der Waals surface area contributed by atoms with Crippen LogP contribution in [0.4, 0.5) is 11.4 Å². The third-order valence-electron chi connectivity index (χ3n) is 3.92. The van der Waals surface area contributed by atoms with Crippen LogP contribution in [0.2, 0.25) is 10.0 Å². The smallest absolute Gasteiger partial charge is 0.267 e. The van der Waals surface area contributed by atoms with Crippen molar-refractivity contribution in [2.45, 2.75) is 13.0 Å². The molecule has 138 valence electrons. The summed E-state index contributed by atoms with van der Waals surface area (Å²) >= 11 is 12.0. The van der Waals surface area contributed by atoms with E-state index in [1.54, 1.807) is 24.3 Å². The Morgan fingerprint density at radius 3 is 2.62 bits per heavy atom. The molecule has 2 aromatic rings. The summed E-state index contributed by atoms with van der Waals surface area (Å²) in [5, 5.41) is 3.59. The number of amides is 1. The number of hydrogen-bond donors (Lipinski definition) is 1. The SMILES string of the molecule is Cc1ccc(NC(=O)[C@H]2CN(S(C)(=O)=O)c3cc(Cl)ccc3O2)cc1Cl. The van der Waals surface area contributed by atoms with Crippen molar-refractivity contribution >= 4 is 50.5 Å². The molecule has 0 fully saturated rings. The number of ether oxygens (including phenoxy) is 1. The average Bonchev–Trinajstić information content (AvgIpc) is 2.56. The number of halogens is 2. The van der Waals surface area contributed by atoms with E-state index in [1.807, 2.05) is 6.92 Å². The fourth-order valence-electron chi connectivity index (χ4n) is 2.57. The monoisotopic (exact) mass is 414 g/mol. The highest BCUT2D eigenvalue weighted by Gasteiger charge is 2.35. The molecule has 0 aliphatic carbocycles. The summed E-state index contributed by atoms with van der Waals surface area (Å²) in [4.78, 5) is 12.6. The molecule has 1 aliphatic heterocycles. The van der Waals surface area contributed by atoms with Gasteiger partial charge in [-0.05, 0) is 42.8 Å². The summed E-state index contributed by atoms with van der Waals surface area (Å²) in [6, 6.07) is 9.72. The van der Waals surface area contributed by atoms with Crippen molar-refractivity contribution in [1.29, 1.82) is 0 Å². The maximum atomic E-state index is 12.6. The van der Waals surface area contributed by atoms with Crippen molar-refractivity contribution in [1.82, 2.24) is 0 Å². The summed E-state index contributed by atoms with van der Waals surface area (Å²) in [7, 11) is -3.61. The van der Waals surface area contributed by atoms with Gasteiger partial charge in [0.05, 0.1) is 18.5 Å². The zero-order chi connectivity index (χ0) is 19.1. The van der Waals surface area contributed by atoms with Crippen molar-refractivity contribution in [3.05, 3.63) is 52.0 Å². The Labute approximate surface area is 161 Å². The molecule has 2 aromatic carbocycles. The summed E-state index contributed by atoms with van der Waals surface area (Å²) in [6.45, 7) is 1.70. The molecule has 0 saturated heterocycles. The van der Waals surface area contributed by atoms with E-state index < -0.39 is 22.0 Å². The summed E-state index contributed by atoms with van der Waals surface area (Å²) in [6.07, 6.45) is 0.0519. The van der Waals surface area contributed by atoms with Crippen LogP contribution in [0.5, 0.6) is 5.75 Å². The second-order valence-electron chi connectivity index (χ2n) is 5.97. The van der Waals surface area contributed by atoms with Gasteiger partial charge in [-0.3, -0.25) is 9.10 Å². The fourth-order valence-corrected chi connectivity index (χ4v) is 3.82. The van der Waals surface area contributed by atoms with Gasteiger partial charge in [-0.25, -0.2) is 8.42 Å². The van der Waals surface area contributed by atoms with Gasteiger partial charge in [-0.15, -0.1) is 0 Å². The van der Waals surface area contributed by atoms with Crippen LogP contribution < -0.4 is 14.4 Å². The van der Waals surface area contributed by atoms with E-state index in [1.165, 1.54) is 12.1 Å². The maximum absolute atomic E-state index is 12.6. The highest BCUT2D eigenvalue weighted by atomic mass is 35.5. The van der Waals surface area contributed by atoms with Crippen LogP contribution in [0.1, 0.15) is 5.56 Å². The predicted octanol–water partition coefficient (Wildman–Crippen LogP) is 3.47. The summed E-state index contributed by atoms with van der Waals surface area (Å²) in [5.41, 5.74) is 1.69. The minimum atomic E-state index is -3.61. The lowest BCUT2D eigenvalue weighted by Gasteiger charge is -2.34. The van der Waals surface area contributed by atoms with E-state index in [0.717, 1.165) is 16.1 Å². The quantitative estimate of drug-likeness (QED) is 0.833. The van der Waals surface area contributed by atoms with E-state index in [4.69, 9.17) is 27.9 Å². The topological polar surface area (TPSA) is 75.7 Å². The van der Waals surface area contributed by atoms with E-state index in [0.29, 0.717) is 21.4 Å². The molecular formula is C17H16Cl2N2O4S. The Balaban J connectivity index is 1.88. The molecule has 9 heteroatoms. The zero-order valence-electron chi connectivity index (χ0n) is 14.0. The number of aryl methyl sites for hydroxylation is 1. The number of carbonyl (C=O) groups is 1. The number of sulfonamides is 1. The average molecular weight is 415 g/mol. The van der Waals surface area contributed by atoms with Gasteiger partial charge >= 0.3 is 0 Å². The molecular weight excluding hydrogens is 399 g/mol. The molecule has 1 amide bonds. The number of nitrogens with one attached hydrogen (secondary N) is 1. The lowest BCUT2D eigenvalue weighted by molar-refractivity contribution is -0.122. The Kier molecular flexibility index (Phi) is 5.05. The third kappa shape index (κ3) is 3.90. The molecule has 0 spiro atoms. The number of benzene rings is 2. The fraction of sp³-hybridized carbons (Fsp3) is 0.235. The first-order valence-corrected chi connectivity index (χ1v) is 10.3. The van der Waals surface area contributed by atoms with Crippen molar-refractivity contribution in [3.63, 3.8) is 0 Å². The third-order valence-corrected chi connectivity index (χ3v) is 5.71. The Morgan fingerprint density at radius 1 is 1.23 bits per heavy atom. The predicted molar refractivity (Wildman–Crippen MR) is 103 cm³/mol. The van der Waals surface area contributed by atoms with Gasteiger partial charge in [0.2, 0.25) is 10.0 Å². The zero-order valence-corrected chi connectivity index (χ0v) is 16.3. The van der Waals surface area contributed by atoms with Gasteiger partial charge in [0, 0.05) is 15.7 Å². The van der Waals surface area contributed by atoms with Gasteiger partial charge in [0.25, 0.3) is 5.91 Å². The van der Waals surface area contributed by atoms with E-state index in [2.05, 4.69) is 5.32 Å². The maximum Gasteiger partial charge on any atom is 0.267 e. The molecule has 0 radical (unpaired) electrons. The molecule has 1 aliphatic rings. The van der Waals surface area contributed by atoms with Crippen molar-refractivity contribution in [2.75, 3.05) is 22.4 Å². The molecule has 0 bridgehead atoms. The normalized spacial score (nSPS) is 16.6. The molecule has 0 aromatic heterocycles. The molecule has 1 atom stereocenters. The van der Waals surface area contributed by atoms with Gasteiger partial charge in [-0.2, -0.15) is 0 Å². The molecule has 0 unspecified atom stereocenters. The highest BCUT2D eigenvalue weighted by Crippen LogP contribution is 2.37. The van der Waals surface area contributed by atoms with Crippen molar-refractivity contribution < 1.29 is 17.9 Å². The van der Waals surface area contributed by atoms with E-state index >= 15 is 0 Å². The number of carbonyl (C=O) groups excluding carboxylic acids is 1. The molecule has 1 N–H and O–H groups in total. The molecule has 6 nitrogen and oxygen atoms in total. The number of hydrogen-bond acceptors (Lipinski definition) is 4. The minimum Gasteiger partial charge on any atom is -0.476 e. The van der Waals surface area contributed by atoms with Gasteiger partial charge in [0.1, 0.15) is 5.75 Å². The van der Waals surface area contributed by atoms with E-state index in [-0.39, 0.29) is 12.3 Å². The highest BCUT2D eigenvalue weighted by molar-refractivity contribution is 7.92. The van der Waals surface area contributed by atoms with Crippen LogP contribution in [-0.2, 0) is 14.8 Å². The van der Waals surface area contributed by atoms with Crippen LogP contribution >= 0.6 is 23.2 Å². The Morgan fingerprint density at radius 2 is 1.96 bits per heavy atom.